The molecule has 0 rings (SSSR count). The van der Waals surface area contributed by atoms with Crippen LogP contribution in [0.4, 0.5) is 13.2 Å². The minimum atomic E-state index is -4.31. The zero-order chi connectivity index (χ0) is 9.78. The third-order valence-electron chi connectivity index (χ3n) is 1.84. The summed E-state index contributed by atoms with van der Waals surface area (Å²) in [7, 11) is 0. The van der Waals surface area contributed by atoms with Gasteiger partial charge in [0.05, 0.1) is 12.5 Å². The van der Waals surface area contributed by atoms with Gasteiger partial charge in [0.25, 0.3) is 0 Å². The molecule has 72 valence electrons. The van der Waals surface area contributed by atoms with Crippen LogP contribution in [-0.4, -0.2) is 17.9 Å². The summed E-state index contributed by atoms with van der Waals surface area (Å²) in [4.78, 5) is 0. The van der Waals surface area contributed by atoms with Crippen molar-refractivity contribution in [3.63, 3.8) is 0 Å². The van der Waals surface area contributed by atoms with Crippen molar-refractivity contribution >= 4 is 0 Å². The summed E-state index contributed by atoms with van der Waals surface area (Å²) in [6, 6.07) is 0. The summed E-state index contributed by atoms with van der Waals surface area (Å²) in [5, 5.41) is 8.50. The highest BCUT2D eigenvalue weighted by Crippen LogP contribution is 2.33. The first-order valence-electron chi connectivity index (χ1n) is 3.72. The maximum atomic E-state index is 12.1. The second-order valence-corrected chi connectivity index (χ2v) is 2.83. The molecular formula is C8H13F3O. The van der Waals surface area contributed by atoms with E-state index in [1.54, 1.807) is 0 Å². The summed E-state index contributed by atoms with van der Waals surface area (Å²) >= 11 is 0. The molecule has 1 N–H and O–H groups in total. The van der Waals surface area contributed by atoms with E-state index in [9.17, 15) is 13.2 Å². The van der Waals surface area contributed by atoms with Crippen molar-refractivity contribution < 1.29 is 18.3 Å². The quantitative estimate of drug-likeness (QED) is 0.662. The van der Waals surface area contributed by atoms with E-state index in [1.165, 1.54) is 13.0 Å². The normalized spacial score (nSPS) is 17.1. The molecule has 0 aliphatic heterocycles. The van der Waals surface area contributed by atoms with E-state index in [-0.39, 0.29) is 6.42 Å². The van der Waals surface area contributed by atoms with Gasteiger partial charge >= 0.3 is 6.18 Å². The lowest BCUT2D eigenvalue weighted by Gasteiger charge is -2.23. The van der Waals surface area contributed by atoms with Gasteiger partial charge in [0.15, 0.2) is 0 Å². The number of halogens is 3. The Bertz CT molecular complexity index is 142. The van der Waals surface area contributed by atoms with Crippen molar-refractivity contribution in [2.24, 2.45) is 11.8 Å². The average molecular weight is 182 g/mol. The number of aliphatic hydroxyl groups excluding tert-OH is 1. The Labute approximate surface area is 69.9 Å². The first kappa shape index (κ1) is 11.5. The number of aliphatic hydroxyl groups is 1. The lowest BCUT2D eigenvalue weighted by molar-refractivity contribution is -0.196. The van der Waals surface area contributed by atoms with Crippen molar-refractivity contribution in [3.05, 3.63) is 12.7 Å². The molecule has 0 bridgehead atoms. The highest BCUT2D eigenvalue weighted by Gasteiger charge is 2.41. The van der Waals surface area contributed by atoms with E-state index in [0.29, 0.717) is 0 Å². The summed E-state index contributed by atoms with van der Waals surface area (Å²) < 4.78 is 36.3. The van der Waals surface area contributed by atoms with Crippen LogP contribution in [0.1, 0.15) is 13.3 Å². The molecule has 0 aliphatic rings. The van der Waals surface area contributed by atoms with Crippen molar-refractivity contribution in [2.75, 3.05) is 6.61 Å². The zero-order valence-electron chi connectivity index (χ0n) is 6.93. The number of hydrogen-bond acceptors (Lipinski definition) is 1. The molecule has 0 aromatic heterocycles. The minimum absolute atomic E-state index is 0.269. The second kappa shape index (κ2) is 4.50. The van der Waals surface area contributed by atoms with Gasteiger partial charge in [-0.15, -0.1) is 6.58 Å². The maximum Gasteiger partial charge on any atom is 0.394 e. The fourth-order valence-corrected chi connectivity index (χ4v) is 1.03. The third-order valence-corrected chi connectivity index (χ3v) is 1.84. The zero-order valence-corrected chi connectivity index (χ0v) is 6.93. The predicted molar refractivity (Wildman–Crippen MR) is 40.6 cm³/mol. The van der Waals surface area contributed by atoms with Crippen molar-refractivity contribution in [1.29, 1.82) is 0 Å². The Hall–Kier alpha value is -0.510. The molecule has 0 saturated carbocycles. The van der Waals surface area contributed by atoms with E-state index < -0.39 is 24.6 Å². The van der Waals surface area contributed by atoms with Crippen LogP contribution in [-0.2, 0) is 0 Å². The second-order valence-electron chi connectivity index (χ2n) is 2.83. The third kappa shape index (κ3) is 3.26. The van der Waals surface area contributed by atoms with Gasteiger partial charge in [-0.1, -0.05) is 13.0 Å². The van der Waals surface area contributed by atoms with Gasteiger partial charge < -0.3 is 5.11 Å². The molecule has 0 fully saturated rings. The molecule has 4 heteroatoms. The Balaban J connectivity index is 4.23. The molecule has 0 aromatic rings. The predicted octanol–water partition coefficient (Wildman–Crippen LogP) is 2.37. The van der Waals surface area contributed by atoms with E-state index in [2.05, 4.69) is 6.58 Å². The topological polar surface area (TPSA) is 20.2 Å². The van der Waals surface area contributed by atoms with Crippen molar-refractivity contribution in [3.8, 4) is 0 Å². The van der Waals surface area contributed by atoms with Gasteiger partial charge in [-0.3, -0.25) is 0 Å². The molecule has 1 nitrogen and oxygen atoms in total. The van der Waals surface area contributed by atoms with Gasteiger partial charge in [-0.2, -0.15) is 13.2 Å². The molecule has 0 saturated heterocycles. The summed E-state index contributed by atoms with van der Waals surface area (Å²) in [5.41, 5.74) is 0. The Morgan fingerprint density at radius 2 is 2.00 bits per heavy atom. The minimum Gasteiger partial charge on any atom is -0.396 e. The van der Waals surface area contributed by atoms with E-state index in [4.69, 9.17) is 5.11 Å². The molecule has 0 amide bonds. The monoisotopic (exact) mass is 182 g/mol. The molecular weight excluding hydrogens is 169 g/mol. The van der Waals surface area contributed by atoms with Gasteiger partial charge in [-0.05, 0) is 12.3 Å². The van der Waals surface area contributed by atoms with Crippen LogP contribution in [0.15, 0.2) is 12.7 Å². The van der Waals surface area contributed by atoms with Crippen molar-refractivity contribution in [2.45, 2.75) is 19.5 Å². The lowest BCUT2D eigenvalue weighted by Crippen LogP contribution is -2.31. The van der Waals surface area contributed by atoms with Crippen LogP contribution < -0.4 is 0 Å². The first-order valence-corrected chi connectivity index (χ1v) is 3.72. The maximum absolute atomic E-state index is 12.1. The molecule has 2 atom stereocenters. The molecule has 0 heterocycles. The van der Waals surface area contributed by atoms with E-state index >= 15 is 0 Å². The molecule has 0 aliphatic carbocycles. The van der Waals surface area contributed by atoms with E-state index in [1.807, 2.05) is 0 Å². The number of rotatable bonds is 4. The number of alkyl halides is 3. The first-order chi connectivity index (χ1) is 5.43. The molecule has 0 spiro atoms. The Kier molecular flexibility index (Phi) is 4.31. The van der Waals surface area contributed by atoms with Gasteiger partial charge in [0.1, 0.15) is 0 Å². The smallest absolute Gasteiger partial charge is 0.394 e. The van der Waals surface area contributed by atoms with Crippen molar-refractivity contribution in [1.82, 2.24) is 0 Å². The number of hydrogen-bond donors (Lipinski definition) is 1. The summed E-state index contributed by atoms with van der Waals surface area (Å²) in [5.74, 6) is -2.23. The van der Waals surface area contributed by atoms with Gasteiger partial charge in [-0.25, -0.2) is 0 Å². The van der Waals surface area contributed by atoms with Crippen LogP contribution in [0.3, 0.4) is 0 Å². The van der Waals surface area contributed by atoms with Crippen LogP contribution in [0, 0.1) is 11.8 Å². The lowest BCUT2D eigenvalue weighted by atomic mass is 9.91. The van der Waals surface area contributed by atoms with Crippen LogP contribution in [0.5, 0.6) is 0 Å². The Morgan fingerprint density at radius 3 is 2.25 bits per heavy atom. The molecule has 12 heavy (non-hydrogen) atoms. The summed E-state index contributed by atoms with van der Waals surface area (Å²) in [6.45, 7) is 3.96. The summed E-state index contributed by atoms with van der Waals surface area (Å²) in [6.07, 6.45) is -2.61. The van der Waals surface area contributed by atoms with Gasteiger partial charge in [0, 0.05) is 0 Å². The fraction of sp³-hybridized carbons (Fsp3) is 0.750. The molecule has 0 aromatic carbocycles. The Morgan fingerprint density at radius 1 is 1.50 bits per heavy atom. The highest BCUT2D eigenvalue weighted by atomic mass is 19.4. The fourth-order valence-electron chi connectivity index (χ4n) is 1.03. The highest BCUT2D eigenvalue weighted by molar-refractivity contribution is 4.79. The van der Waals surface area contributed by atoms with Crippen LogP contribution in [0.2, 0.25) is 0 Å². The van der Waals surface area contributed by atoms with Crippen LogP contribution >= 0.6 is 0 Å². The SMILES string of the molecule is C=CCC(C)C(CO)C(F)(F)F. The largest absolute Gasteiger partial charge is 0.396 e. The average Bonchev–Trinajstić information content (AvgIpc) is 1.85. The van der Waals surface area contributed by atoms with Gasteiger partial charge in [0.2, 0.25) is 0 Å². The number of allylic oxidation sites excluding steroid dienone is 1. The van der Waals surface area contributed by atoms with Crippen LogP contribution in [0.25, 0.3) is 0 Å². The molecule has 0 radical (unpaired) electrons. The van der Waals surface area contributed by atoms with E-state index in [0.717, 1.165) is 0 Å². The molecule has 2 unspecified atom stereocenters. The standard InChI is InChI=1S/C8H13F3O/c1-3-4-6(2)7(5-12)8(9,10)11/h3,6-7,12H,1,4-5H2,2H3.